The van der Waals surface area contributed by atoms with E-state index in [9.17, 15) is 0 Å². The Hall–Kier alpha value is -1.13. The van der Waals surface area contributed by atoms with Crippen molar-refractivity contribution in [1.82, 2.24) is 9.97 Å². The maximum absolute atomic E-state index is 5.54. The van der Waals surface area contributed by atoms with Crippen molar-refractivity contribution >= 4 is 15.9 Å². The Balaban J connectivity index is 2.37. The molecule has 0 amide bonds. The number of nitrogens with zero attached hydrogens (tertiary/aromatic N) is 1. The minimum atomic E-state index is 0.629. The minimum Gasteiger partial charge on any atom is -0.342 e. The number of nitrogens with one attached hydrogen (secondary N) is 1. The van der Waals surface area contributed by atoms with Crippen molar-refractivity contribution in [3.8, 4) is 11.4 Å². The molecule has 1 aromatic heterocycles. The van der Waals surface area contributed by atoms with E-state index >= 15 is 0 Å². The third kappa shape index (κ3) is 2.33. The molecule has 84 valence electrons. The summed E-state index contributed by atoms with van der Waals surface area (Å²) < 4.78 is 1.06. The van der Waals surface area contributed by atoms with Gasteiger partial charge in [0.25, 0.3) is 0 Å². The number of hydrogen-bond donors (Lipinski definition) is 2. The molecule has 0 aliphatic rings. The van der Waals surface area contributed by atoms with Crippen molar-refractivity contribution in [2.24, 2.45) is 5.73 Å². The van der Waals surface area contributed by atoms with Gasteiger partial charge in [0.2, 0.25) is 0 Å². The Kier molecular flexibility index (Phi) is 3.41. The van der Waals surface area contributed by atoms with Crippen LogP contribution in [0.15, 0.2) is 28.7 Å². The summed E-state index contributed by atoms with van der Waals surface area (Å²) in [7, 11) is 0. The fraction of sp³-hybridized carbons (Fsp3) is 0.250. The number of aryl methyl sites for hydroxylation is 1. The summed E-state index contributed by atoms with van der Waals surface area (Å²) in [5, 5.41) is 0. The lowest BCUT2D eigenvalue weighted by atomic mass is 10.2. The molecule has 1 heterocycles. The Bertz CT molecular complexity index is 491. The lowest BCUT2D eigenvalue weighted by Gasteiger charge is -1.96. The molecule has 0 saturated carbocycles. The average molecular weight is 280 g/mol. The third-order valence-corrected chi connectivity index (χ3v) is 2.96. The highest BCUT2D eigenvalue weighted by Crippen LogP contribution is 2.21. The Morgan fingerprint density at radius 1 is 1.44 bits per heavy atom. The van der Waals surface area contributed by atoms with Crippen LogP contribution in [0, 0.1) is 6.92 Å². The van der Waals surface area contributed by atoms with Crippen LogP contribution in [0.1, 0.15) is 11.4 Å². The molecule has 0 unspecified atom stereocenters. The Morgan fingerprint density at radius 3 is 2.94 bits per heavy atom. The number of nitrogens with two attached hydrogens (primary N) is 1. The van der Waals surface area contributed by atoms with Crippen LogP contribution in [0.3, 0.4) is 0 Å². The Morgan fingerprint density at radius 2 is 2.25 bits per heavy atom. The van der Waals surface area contributed by atoms with Crippen molar-refractivity contribution in [2.75, 3.05) is 6.54 Å². The topological polar surface area (TPSA) is 54.7 Å². The zero-order valence-corrected chi connectivity index (χ0v) is 10.7. The Labute approximate surface area is 103 Å². The molecule has 3 nitrogen and oxygen atoms in total. The first-order chi connectivity index (χ1) is 7.70. The maximum atomic E-state index is 5.54. The molecule has 0 saturated heterocycles. The highest BCUT2D eigenvalue weighted by molar-refractivity contribution is 9.10. The second-order valence-electron chi connectivity index (χ2n) is 3.71. The average Bonchev–Trinajstić information content (AvgIpc) is 2.61. The van der Waals surface area contributed by atoms with E-state index in [0.29, 0.717) is 6.54 Å². The van der Waals surface area contributed by atoms with Gasteiger partial charge in [0.1, 0.15) is 5.82 Å². The van der Waals surface area contributed by atoms with Crippen molar-refractivity contribution in [3.05, 3.63) is 40.1 Å². The van der Waals surface area contributed by atoms with Crippen LogP contribution in [0.25, 0.3) is 11.4 Å². The van der Waals surface area contributed by atoms with E-state index in [4.69, 9.17) is 5.73 Å². The number of aromatic nitrogens is 2. The predicted octanol–water partition coefficient (Wildman–Crippen LogP) is 2.65. The quantitative estimate of drug-likeness (QED) is 0.908. The summed E-state index contributed by atoms with van der Waals surface area (Å²) in [5.41, 5.74) is 8.77. The molecule has 2 rings (SSSR count). The summed E-state index contributed by atoms with van der Waals surface area (Å²) >= 11 is 3.45. The van der Waals surface area contributed by atoms with E-state index in [2.05, 4.69) is 25.9 Å². The maximum Gasteiger partial charge on any atom is 0.137 e. The van der Waals surface area contributed by atoms with Gasteiger partial charge in [0, 0.05) is 22.2 Å². The van der Waals surface area contributed by atoms with Crippen LogP contribution in [-0.2, 0) is 6.42 Å². The summed E-state index contributed by atoms with van der Waals surface area (Å²) in [5.74, 6) is 0.905. The summed E-state index contributed by atoms with van der Waals surface area (Å²) in [6.07, 6.45) is 0.816. The van der Waals surface area contributed by atoms with Gasteiger partial charge in [0.15, 0.2) is 0 Å². The fourth-order valence-electron chi connectivity index (χ4n) is 1.65. The summed E-state index contributed by atoms with van der Waals surface area (Å²) in [6.45, 7) is 2.66. The molecular weight excluding hydrogens is 266 g/mol. The first-order valence-corrected chi connectivity index (χ1v) is 6.01. The molecule has 16 heavy (non-hydrogen) atoms. The van der Waals surface area contributed by atoms with Crippen LogP contribution in [0.4, 0.5) is 0 Å². The van der Waals surface area contributed by atoms with Gasteiger partial charge in [-0.05, 0) is 25.6 Å². The van der Waals surface area contributed by atoms with Gasteiger partial charge < -0.3 is 10.7 Å². The van der Waals surface area contributed by atoms with E-state index < -0.39 is 0 Å². The van der Waals surface area contributed by atoms with Crippen LogP contribution in [-0.4, -0.2) is 16.5 Å². The number of benzene rings is 1. The van der Waals surface area contributed by atoms with Crippen LogP contribution in [0.2, 0.25) is 0 Å². The number of imidazole rings is 1. The van der Waals surface area contributed by atoms with Crippen molar-refractivity contribution in [3.63, 3.8) is 0 Å². The zero-order valence-electron chi connectivity index (χ0n) is 9.13. The molecule has 3 N–H and O–H groups in total. The van der Waals surface area contributed by atoms with E-state index in [0.717, 1.165) is 33.7 Å². The highest BCUT2D eigenvalue weighted by atomic mass is 79.9. The molecule has 0 aliphatic heterocycles. The number of hydrogen-bond acceptors (Lipinski definition) is 2. The normalized spacial score (nSPS) is 10.7. The van der Waals surface area contributed by atoms with E-state index in [1.165, 1.54) is 0 Å². The molecule has 0 fully saturated rings. The van der Waals surface area contributed by atoms with Gasteiger partial charge >= 0.3 is 0 Å². The highest BCUT2D eigenvalue weighted by Gasteiger charge is 2.07. The monoisotopic (exact) mass is 279 g/mol. The summed E-state index contributed by atoms with van der Waals surface area (Å²) in [4.78, 5) is 7.84. The lowest BCUT2D eigenvalue weighted by Crippen LogP contribution is -2.03. The van der Waals surface area contributed by atoms with Crippen molar-refractivity contribution < 1.29 is 0 Å². The molecule has 0 aliphatic carbocycles. The molecule has 0 radical (unpaired) electrons. The summed E-state index contributed by atoms with van der Waals surface area (Å²) in [6, 6.07) is 8.08. The largest absolute Gasteiger partial charge is 0.342 e. The van der Waals surface area contributed by atoms with Crippen LogP contribution >= 0.6 is 15.9 Å². The molecule has 0 spiro atoms. The van der Waals surface area contributed by atoms with Crippen molar-refractivity contribution in [2.45, 2.75) is 13.3 Å². The lowest BCUT2D eigenvalue weighted by molar-refractivity contribution is 0.924. The molecule has 1 aromatic carbocycles. The predicted molar refractivity (Wildman–Crippen MR) is 69.2 cm³/mol. The molecule has 0 atom stereocenters. The van der Waals surface area contributed by atoms with E-state index in [1.807, 2.05) is 31.2 Å². The van der Waals surface area contributed by atoms with Crippen LogP contribution in [0.5, 0.6) is 0 Å². The number of halogens is 1. The number of rotatable bonds is 3. The molecule has 2 aromatic rings. The van der Waals surface area contributed by atoms with E-state index in [-0.39, 0.29) is 0 Å². The van der Waals surface area contributed by atoms with Gasteiger partial charge in [-0.3, -0.25) is 0 Å². The first-order valence-electron chi connectivity index (χ1n) is 5.22. The van der Waals surface area contributed by atoms with Gasteiger partial charge in [-0.25, -0.2) is 4.98 Å². The molecule has 0 bridgehead atoms. The number of H-pyrrole nitrogens is 1. The minimum absolute atomic E-state index is 0.629. The van der Waals surface area contributed by atoms with Gasteiger partial charge in [-0.15, -0.1) is 0 Å². The fourth-order valence-corrected chi connectivity index (χ4v) is 2.05. The molecular formula is C12H14BrN3. The first kappa shape index (κ1) is 11.4. The van der Waals surface area contributed by atoms with Gasteiger partial charge in [-0.2, -0.15) is 0 Å². The standard InChI is InChI=1S/C12H14BrN3/c1-8-11(5-6-14)16-12(15-8)9-3-2-4-10(13)7-9/h2-4,7H,5-6,14H2,1H3,(H,15,16). The van der Waals surface area contributed by atoms with Crippen LogP contribution < -0.4 is 5.73 Å². The van der Waals surface area contributed by atoms with Crippen molar-refractivity contribution in [1.29, 1.82) is 0 Å². The SMILES string of the molecule is Cc1[nH]c(-c2cccc(Br)c2)nc1CCN. The second kappa shape index (κ2) is 4.80. The van der Waals surface area contributed by atoms with Gasteiger partial charge in [-0.1, -0.05) is 28.1 Å². The van der Waals surface area contributed by atoms with E-state index in [1.54, 1.807) is 0 Å². The molecule has 4 heteroatoms. The third-order valence-electron chi connectivity index (χ3n) is 2.46. The number of aromatic amines is 1. The van der Waals surface area contributed by atoms with Gasteiger partial charge in [0.05, 0.1) is 5.69 Å². The smallest absolute Gasteiger partial charge is 0.137 e. The second-order valence-corrected chi connectivity index (χ2v) is 4.62. The zero-order chi connectivity index (χ0) is 11.5.